The van der Waals surface area contributed by atoms with E-state index in [9.17, 15) is 9.59 Å². The van der Waals surface area contributed by atoms with Gasteiger partial charge in [0.15, 0.2) is 11.5 Å². The maximum atomic E-state index is 13.0. The highest BCUT2D eigenvalue weighted by atomic mass is 35.5. The van der Waals surface area contributed by atoms with Gasteiger partial charge in [0.1, 0.15) is 17.2 Å². The molecule has 1 aliphatic rings. The second-order valence-corrected chi connectivity index (χ2v) is 8.86. The number of carbonyl (C=O) groups excluding carboxylic acids is 2. The Morgan fingerprint density at radius 1 is 0.895 bits per heavy atom. The molecule has 5 rings (SSSR count). The van der Waals surface area contributed by atoms with Crippen molar-refractivity contribution in [2.45, 2.75) is 0 Å². The Bertz CT molecular complexity index is 1560. The molecule has 2 N–H and O–H groups in total. The summed E-state index contributed by atoms with van der Waals surface area (Å²) in [6.45, 7) is 0.118. The van der Waals surface area contributed by atoms with Crippen LogP contribution in [0.15, 0.2) is 94.1 Å². The third kappa shape index (κ3) is 5.88. The van der Waals surface area contributed by atoms with Crippen molar-refractivity contribution < 1.29 is 23.5 Å². The summed E-state index contributed by atoms with van der Waals surface area (Å²) in [5.41, 5.74) is 4.02. The zero-order valence-electron chi connectivity index (χ0n) is 19.6. The first kappa shape index (κ1) is 25.1. The van der Waals surface area contributed by atoms with E-state index in [-0.39, 0.29) is 12.5 Å². The Labute approximate surface area is 227 Å². The zero-order valence-corrected chi connectivity index (χ0v) is 21.1. The van der Waals surface area contributed by atoms with Crippen LogP contribution in [0.25, 0.3) is 17.4 Å². The van der Waals surface area contributed by atoms with E-state index in [0.717, 1.165) is 0 Å². The molecule has 0 spiro atoms. The maximum absolute atomic E-state index is 13.0. The Morgan fingerprint density at radius 2 is 1.71 bits per heavy atom. The maximum Gasteiger partial charge on any atom is 0.287 e. The van der Waals surface area contributed by atoms with Gasteiger partial charge < -0.3 is 19.2 Å². The summed E-state index contributed by atoms with van der Waals surface area (Å²) in [4.78, 5) is 25.8. The second-order valence-electron chi connectivity index (χ2n) is 8.02. The molecule has 2 amide bonds. The molecule has 0 fully saturated rings. The smallest absolute Gasteiger partial charge is 0.287 e. The second kappa shape index (κ2) is 11.2. The minimum Gasteiger partial charge on any atom is -0.455 e. The van der Waals surface area contributed by atoms with Crippen molar-refractivity contribution in [2.75, 3.05) is 6.79 Å². The van der Waals surface area contributed by atoms with Gasteiger partial charge in [-0.3, -0.25) is 9.59 Å². The summed E-state index contributed by atoms with van der Waals surface area (Å²) in [6, 6.07) is 22.1. The first-order chi connectivity index (χ1) is 18.5. The Hall–Kier alpha value is -4.53. The van der Waals surface area contributed by atoms with E-state index < -0.39 is 11.8 Å². The predicted molar refractivity (Wildman–Crippen MR) is 144 cm³/mol. The molecule has 4 aromatic rings. The lowest BCUT2D eigenvalue weighted by Gasteiger charge is -2.09. The van der Waals surface area contributed by atoms with Gasteiger partial charge in [0, 0.05) is 16.1 Å². The number of carbonyl (C=O) groups is 2. The lowest BCUT2D eigenvalue weighted by Crippen LogP contribution is -2.32. The van der Waals surface area contributed by atoms with Crippen molar-refractivity contribution in [1.29, 1.82) is 0 Å². The first-order valence-electron chi connectivity index (χ1n) is 11.3. The standard InChI is InChI=1S/C28H19Cl2N3O5/c29-19-7-9-22(30)21(14-19)24-11-8-20(38-24)15-31-33-28(35)23(32-27(34)18-4-2-1-3-5-18)12-17-6-10-25-26(13-17)37-16-36-25/h1-15H,16H2,(H,32,34)(H,33,35). The number of furan rings is 1. The number of ether oxygens (including phenoxy) is 2. The number of hydrogen-bond donors (Lipinski definition) is 2. The third-order valence-electron chi connectivity index (χ3n) is 5.41. The van der Waals surface area contributed by atoms with Crippen LogP contribution in [0.5, 0.6) is 11.5 Å². The molecule has 0 aliphatic carbocycles. The predicted octanol–water partition coefficient (Wildman–Crippen LogP) is 5.90. The van der Waals surface area contributed by atoms with Crippen LogP contribution in [0.3, 0.4) is 0 Å². The number of nitrogens with one attached hydrogen (secondary N) is 2. The van der Waals surface area contributed by atoms with E-state index in [2.05, 4.69) is 15.8 Å². The van der Waals surface area contributed by atoms with Gasteiger partial charge >= 0.3 is 0 Å². The molecule has 0 unspecified atom stereocenters. The van der Waals surface area contributed by atoms with E-state index in [1.165, 1.54) is 12.3 Å². The molecule has 1 aromatic heterocycles. The fourth-order valence-corrected chi connectivity index (χ4v) is 3.96. The van der Waals surface area contributed by atoms with Gasteiger partial charge in [-0.05, 0) is 66.2 Å². The highest BCUT2D eigenvalue weighted by molar-refractivity contribution is 6.35. The average molecular weight is 548 g/mol. The van der Waals surface area contributed by atoms with Crippen molar-refractivity contribution in [1.82, 2.24) is 10.7 Å². The van der Waals surface area contributed by atoms with E-state index in [1.54, 1.807) is 78.9 Å². The van der Waals surface area contributed by atoms with Crippen LogP contribution in [0.4, 0.5) is 0 Å². The molecular formula is C28H19Cl2N3O5. The molecule has 8 nitrogen and oxygen atoms in total. The molecule has 10 heteroatoms. The molecular weight excluding hydrogens is 529 g/mol. The molecule has 0 saturated heterocycles. The number of nitrogens with zero attached hydrogens (tertiary/aromatic N) is 1. The molecule has 0 radical (unpaired) electrons. The van der Waals surface area contributed by atoms with Gasteiger partial charge in [-0.1, -0.05) is 47.5 Å². The zero-order chi connectivity index (χ0) is 26.5. The van der Waals surface area contributed by atoms with Crippen molar-refractivity contribution in [3.8, 4) is 22.8 Å². The summed E-state index contributed by atoms with van der Waals surface area (Å²) >= 11 is 12.3. The summed E-state index contributed by atoms with van der Waals surface area (Å²) in [5.74, 6) is 0.899. The summed E-state index contributed by atoms with van der Waals surface area (Å²) in [5, 5.41) is 7.62. The topological polar surface area (TPSA) is 102 Å². The van der Waals surface area contributed by atoms with Crippen LogP contribution in [0.1, 0.15) is 21.7 Å². The number of hydrogen-bond acceptors (Lipinski definition) is 6. The Kier molecular flexibility index (Phi) is 7.44. The monoisotopic (exact) mass is 547 g/mol. The van der Waals surface area contributed by atoms with Gasteiger partial charge in [-0.2, -0.15) is 5.10 Å². The number of hydrazone groups is 1. The Balaban J connectivity index is 1.34. The van der Waals surface area contributed by atoms with Gasteiger partial charge in [0.25, 0.3) is 11.8 Å². The lowest BCUT2D eigenvalue weighted by atomic mass is 10.1. The van der Waals surface area contributed by atoms with Gasteiger partial charge in [0.2, 0.25) is 6.79 Å². The molecule has 38 heavy (non-hydrogen) atoms. The lowest BCUT2D eigenvalue weighted by molar-refractivity contribution is -0.117. The van der Waals surface area contributed by atoms with Gasteiger partial charge in [-0.25, -0.2) is 5.43 Å². The Morgan fingerprint density at radius 3 is 2.55 bits per heavy atom. The molecule has 0 atom stereocenters. The van der Waals surface area contributed by atoms with E-state index in [0.29, 0.717) is 49.8 Å². The first-order valence-corrected chi connectivity index (χ1v) is 12.1. The number of amides is 2. The number of benzene rings is 3. The van der Waals surface area contributed by atoms with E-state index >= 15 is 0 Å². The largest absolute Gasteiger partial charge is 0.455 e. The van der Waals surface area contributed by atoms with Crippen molar-refractivity contribution in [2.24, 2.45) is 5.10 Å². The van der Waals surface area contributed by atoms with Crippen molar-refractivity contribution >= 4 is 47.3 Å². The molecule has 0 bridgehead atoms. The quantitative estimate of drug-likeness (QED) is 0.170. The summed E-state index contributed by atoms with van der Waals surface area (Å²) in [7, 11) is 0. The summed E-state index contributed by atoms with van der Waals surface area (Å²) < 4.78 is 16.5. The van der Waals surface area contributed by atoms with Crippen molar-refractivity contribution in [3.63, 3.8) is 0 Å². The van der Waals surface area contributed by atoms with Crippen LogP contribution in [-0.2, 0) is 4.79 Å². The van der Waals surface area contributed by atoms with E-state index in [1.807, 2.05) is 0 Å². The normalized spacial score (nSPS) is 12.5. The number of halogens is 2. The molecule has 3 aromatic carbocycles. The fraction of sp³-hybridized carbons (Fsp3) is 0.0357. The fourth-order valence-electron chi connectivity index (χ4n) is 3.58. The SMILES string of the molecule is O=C(NN=Cc1ccc(-c2cc(Cl)ccc2Cl)o1)C(=Cc1ccc2c(c1)OCO2)NC(=O)c1ccccc1. The molecule has 190 valence electrons. The number of fused-ring (bicyclic) bond motifs is 1. The highest BCUT2D eigenvalue weighted by Gasteiger charge is 2.17. The van der Waals surface area contributed by atoms with Crippen molar-refractivity contribution in [3.05, 3.63) is 111 Å². The van der Waals surface area contributed by atoms with Crippen LogP contribution in [-0.4, -0.2) is 24.8 Å². The molecule has 1 aliphatic heterocycles. The van der Waals surface area contributed by atoms with Crippen LogP contribution in [0, 0.1) is 0 Å². The third-order valence-corrected chi connectivity index (χ3v) is 5.98. The van der Waals surface area contributed by atoms with Crippen LogP contribution >= 0.6 is 23.2 Å². The minimum atomic E-state index is -0.645. The molecule has 0 saturated carbocycles. The van der Waals surface area contributed by atoms with Crippen LogP contribution < -0.4 is 20.2 Å². The van der Waals surface area contributed by atoms with Gasteiger partial charge in [-0.15, -0.1) is 0 Å². The average Bonchev–Trinajstić information content (AvgIpc) is 3.59. The van der Waals surface area contributed by atoms with Gasteiger partial charge in [0.05, 0.1) is 11.2 Å². The van der Waals surface area contributed by atoms with E-state index in [4.69, 9.17) is 37.1 Å². The minimum absolute atomic E-state index is 0.0271. The molecule has 2 heterocycles. The number of rotatable bonds is 7. The summed E-state index contributed by atoms with van der Waals surface area (Å²) in [6.07, 6.45) is 2.84. The highest BCUT2D eigenvalue weighted by Crippen LogP contribution is 2.33. The van der Waals surface area contributed by atoms with Crippen LogP contribution in [0.2, 0.25) is 10.0 Å².